The maximum Gasteiger partial charge on any atom is 0.421 e. The van der Waals surface area contributed by atoms with Crippen molar-refractivity contribution < 1.29 is 22.6 Å². The van der Waals surface area contributed by atoms with Crippen molar-refractivity contribution in [2.24, 2.45) is 5.92 Å². The lowest BCUT2D eigenvalue weighted by atomic mass is 9.80. The van der Waals surface area contributed by atoms with E-state index in [1.165, 1.54) is 0 Å². The third kappa shape index (κ3) is 3.37. The molecule has 32 heavy (non-hydrogen) atoms. The molecule has 0 radical (unpaired) electrons. The molecule has 8 nitrogen and oxygen atoms in total. The fraction of sp³-hybridized carbons (Fsp3) is 0.667. The zero-order valence-electron chi connectivity index (χ0n) is 17.5. The van der Waals surface area contributed by atoms with Crippen molar-refractivity contribution in [2.75, 3.05) is 30.5 Å². The molecule has 6 rings (SSSR count). The minimum atomic E-state index is -4.54. The predicted octanol–water partition coefficient (Wildman–Crippen LogP) is 4.25. The highest BCUT2D eigenvalue weighted by Gasteiger charge is 2.40. The smallest absolute Gasteiger partial charge is 0.421 e. The summed E-state index contributed by atoms with van der Waals surface area (Å²) in [4.78, 5) is 8.22. The zero-order valence-corrected chi connectivity index (χ0v) is 17.5. The predicted molar refractivity (Wildman–Crippen MR) is 109 cm³/mol. The van der Waals surface area contributed by atoms with Crippen LogP contribution in [0.5, 0.6) is 5.75 Å². The summed E-state index contributed by atoms with van der Waals surface area (Å²) >= 11 is 0. The number of nitrogens with zero attached hydrogens (tertiary/aromatic N) is 4. The minimum absolute atomic E-state index is 0.0952. The van der Waals surface area contributed by atoms with E-state index in [1.807, 2.05) is 4.68 Å². The summed E-state index contributed by atoms with van der Waals surface area (Å²) in [5.74, 6) is 1.42. The van der Waals surface area contributed by atoms with Crippen LogP contribution in [0, 0.1) is 5.92 Å². The molecule has 2 aromatic heterocycles. The Labute approximate surface area is 182 Å². The van der Waals surface area contributed by atoms with E-state index < -0.39 is 11.7 Å². The van der Waals surface area contributed by atoms with Gasteiger partial charge in [-0.15, -0.1) is 0 Å². The number of aromatic nitrogens is 4. The maximum absolute atomic E-state index is 13.6. The van der Waals surface area contributed by atoms with Gasteiger partial charge < -0.3 is 20.1 Å². The number of halogens is 3. The number of hydrogen-bond acceptors (Lipinski definition) is 7. The van der Waals surface area contributed by atoms with E-state index in [0.29, 0.717) is 31.4 Å². The van der Waals surface area contributed by atoms with Gasteiger partial charge in [0, 0.05) is 30.7 Å². The van der Waals surface area contributed by atoms with Crippen LogP contribution in [0.15, 0.2) is 6.20 Å². The first-order chi connectivity index (χ1) is 15.5. The number of hydrogen-bond donors (Lipinski definition) is 2. The maximum atomic E-state index is 13.6. The first kappa shape index (κ1) is 20.1. The average Bonchev–Trinajstić information content (AvgIpc) is 3.32. The monoisotopic (exact) mass is 450 g/mol. The van der Waals surface area contributed by atoms with Gasteiger partial charge in [-0.05, 0) is 38.5 Å². The summed E-state index contributed by atoms with van der Waals surface area (Å²) in [5.41, 5.74) is -0.00232. The fourth-order valence-electron chi connectivity index (χ4n) is 4.80. The second-order valence-corrected chi connectivity index (χ2v) is 9.13. The molecule has 2 bridgehead atoms. The van der Waals surface area contributed by atoms with Crippen molar-refractivity contribution in [2.45, 2.75) is 62.7 Å². The van der Waals surface area contributed by atoms with Crippen LogP contribution in [-0.2, 0) is 10.9 Å². The Kier molecular flexibility index (Phi) is 4.70. The van der Waals surface area contributed by atoms with Crippen LogP contribution in [0.4, 0.5) is 30.8 Å². The van der Waals surface area contributed by atoms with Crippen LogP contribution in [0.1, 0.15) is 61.7 Å². The molecule has 3 unspecified atom stereocenters. The Bertz CT molecular complexity index is 1020. The Morgan fingerprint density at radius 2 is 1.97 bits per heavy atom. The number of anilines is 3. The van der Waals surface area contributed by atoms with Crippen LogP contribution < -0.4 is 15.4 Å². The fourth-order valence-corrected chi connectivity index (χ4v) is 4.80. The Hall–Kier alpha value is -2.56. The highest BCUT2D eigenvalue weighted by Crippen LogP contribution is 2.45. The molecule has 3 atom stereocenters. The summed E-state index contributed by atoms with van der Waals surface area (Å²) in [6, 6.07) is 0.102. The van der Waals surface area contributed by atoms with Crippen LogP contribution in [0.2, 0.25) is 0 Å². The summed E-state index contributed by atoms with van der Waals surface area (Å²) in [6.07, 6.45) is 1.96. The third-order valence-electron chi connectivity index (χ3n) is 7.13. The highest BCUT2D eigenvalue weighted by molar-refractivity contribution is 5.63. The third-order valence-corrected chi connectivity index (χ3v) is 7.13. The second kappa shape index (κ2) is 7.50. The first-order valence-corrected chi connectivity index (χ1v) is 11.3. The number of fused-ring (bicyclic) bond motifs is 4. The molecule has 0 aromatic carbocycles. The Balaban J connectivity index is 1.46. The summed E-state index contributed by atoms with van der Waals surface area (Å²) in [7, 11) is 0. The van der Waals surface area contributed by atoms with Gasteiger partial charge in [0.05, 0.1) is 19.3 Å². The van der Waals surface area contributed by atoms with E-state index in [0.717, 1.165) is 50.4 Å². The van der Waals surface area contributed by atoms with Crippen LogP contribution in [0.3, 0.4) is 0 Å². The lowest BCUT2D eigenvalue weighted by Gasteiger charge is -2.37. The molecule has 3 fully saturated rings. The van der Waals surface area contributed by atoms with Crippen molar-refractivity contribution in [3.8, 4) is 5.75 Å². The number of rotatable bonds is 2. The standard InChI is InChI=1S/C21H25F3N6O2/c22-21(23,24)14-8-25-20-27-18(14)26-15-5-4-11(15)10-32-17-16(12-6-7-31-9-12)29-30(19(17)28-20)13-2-1-3-13/h8,11-13,15H,1-7,9-10H2,(H2,25,26,27,28). The topological polar surface area (TPSA) is 86.1 Å². The molecule has 4 heterocycles. The quantitative estimate of drug-likeness (QED) is 0.708. The Morgan fingerprint density at radius 3 is 2.62 bits per heavy atom. The molecule has 0 spiro atoms. The van der Waals surface area contributed by atoms with Gasteiger partial charge in [0.1, 0.15) is 17.1 Å². The van der Waals surface area contributed by atoms with E-state index in [4.69, 9.17) is 14.6 Å². The molecule has 172 valence electrons. The van der Waals surface area contributed by atoms with Crippen molar-refractivity contribution in [3.05, 3.63) is 17.5 Å². The van der Waals surface area contributed by atoms with Gasteiger partial charge in [-0.3, -0.25) is 0 Å². The van der Waals surface area contributed by atoms with E-state index in [-0.39, 0.29) is 35.7 Å². The van der Waals surface area contributed by atoms with E-state index in [2.05, 4.69) is 20.6 Å². The van der Waals surface area contributed by atoms with Gasteiger partial charge in [-0.25, -0.2) is 9.67 Å². The molecular weight excluding hydrogens is 425 g/mol. The van der Waals surface area contributed by atoms with Gasteiger partial charge in [-0.1, -0.05) is 0 Å². The number of alkyl halides is 3. The van der Waals surface area contributed by atoms with Gasteiger partial charge in [0.2, 0.25) is 5.95 Å². The molecule has 2 N–H and O–H groups in total. The second-order valence-electron chi connectivity index (χ2n) is 9.13. The molecular formula is C21H25F3N6O2. The van der Waals surface area contributed by atoms with Crippen LogP contribution in [-0.4, -0.2) is 45.6 Å². The van der Waals surface area contributed by atoms with Crippen LogP contribution in [0.25, 0.3) is 0 Å². The Morgan fingerprint density at radius 1 is 1.09 bits per heavy atom. The minimum Gasteiger partial charge on any atom is -0.487 e. The summed E-state index contributed by atoms with van der Waals surface area (Å²) in [5, 5.41) is 11.1. The average molecular weight is 450 g/mol. The van der Waals surface area contributed by atoms with E-state index in [9.17, 15) is 13.2 Å². The molecule has 2 saturated carbocycles. The van der Waals surface area contributed by atoms with Gasteiger partial charge in [-0.2, -0.15) is 23.3 Å². The number of ether oxygens (including phenoxy) is 2. The molecule has 2 aromatic rings. The molecule has 2 aliphatic heterocycles. The van der Waals surface area contributed by atoms with Crippen molar-refractivity contribution in [1.82, 2.24) is 19.7 Å². The SMILES string of the molecule is FC(F)(F)c1cnc2nc1NC1CCC1COc1c(C3CCOC3)nn(C3CCC3)c1N2. The first-order valence-electron chi connectivity index (χ1n) is 11.3. The lowest BCUT2D eigenvalue weighted by Crippen LogP contribution is -2.42. The van der Waals surface area contributed by atoms with Crippen LogP contribution >= 0.6 is 0 Å². The zero-order chi connectivity index (χ0) is 21.9. The van der Waals surface area contributed by atoms with E-state index >= 15 is 0 Å². The molecule has 11 heteroatoms. The van der Waals surface area contributed by atoms with Gasteiger partial charge >= 0.3 is 6.18 Å². The van der Waals surface area contributed by atoms with Crippen molar-refractivity contribution in [1.29, 1.82) is 0 Å². The number of nitrogens with one attached hydrogen (secondary N) is 2. The molecule has 4 aliphatic rings. The lowest BCUT2D eigenvalue weighted by molar-refractivity contribution is -0.137. The van der Waals surface area contributed by atoms with Crippen molar-refractivity contribution >= 4 is 17.6 Å². The van der Waals surface area contributed by atoms with Crippen molar-refractivity contribution in [3.63, 3.8) is 0 Å². The molecule has 2 aliphatic carbocycles. The van der Waals surface area contributed by atoms with Gasteiger partial charge in [0.25, 0.3) is 0 Å². The summed E-state index contributed by atoms with van der Waals surface area (Å²) in [6.45, 7) is 1.68. The van der Waals surface area contributed by atoms with Gasteiger partial charge in [0.15, 0.2) is 11.6 Å². The normalized spacial score (nSPS) is 27.5. The highest BCUT2D eigenvalue weighted by atomic mass is 19.4. The summed E-state index contributed by atoms with van der Waals surface area (Å²) < 4.78 is 54.6. The molecule has 0 amide bonds. The van der Waals surface area contributed by atoms with E-state index in [1.54, 1.807) is 0 Å². The largest absolute Gasteiger partial charge is 0.487 e. The molecule has 1 saturated heterocycles.